The Labute approximate surface area is 95.5 Å². The molecule has 2 nitrogen and oxygen atoms in total. The predicted octanol–water partition coefficient (Wildman–Crippen LogP) is 2.81. The van der Waals surface area contributed by atoms with Crippen LogP contribution >= 0.6 is 0 Å². The van der Waals surface area contributed by atoms with Gasteiger partial charge in [-0.15, -0.1) is 0 Å². The van der Waals surface area contributed by atoms with Crippen molar-refractivity contribution >= 4 is 0 Å². The molecule has 92 valence electrons. The summed E-state index contributed by atoms with van der Waals surface area (Å²) in [5, 5.41) is 12.6. The fraction of sp³-hybridized carbons (Fsp3) is 1.00. The predicted molar refractivity (Wildman–Crippen MR) is 67.0 cm³/mol. The SMILES string of the molecule is CCC(CC)CNCCCC(C)(C)CO. The summed E-state index contributed by atoms with van der Waals surface area (Å²) in [5.74, 6) is 0.829. The molecular formula is C13H29NO. The van der Waals surface area contributed by atoms with Crippen LogP contribution in [0.3, 0.4) is 0 Å². The molecule has 0 saturated heterocycles. The molecule has 2 N–H and O–H groups in total. The molecule has 0 unspecified atom stereocenters. The van der Waals surface area contributed by atoms with E-state index in [0.29, 0.717) is 6.61 Å². The standard InChI is InChI=1S/C13H29NO/c1-5-12(6-2)10-14-9-7-8-13(3,4)11-15/h12,14-15H,5-11H2,1-4H3. The minimum atomic E-state index is 0.0938. The van der Waals surface area contributed by atoms with Crippen molar-refractivity contribution in [3.63, 3.8) is 0 Å². The Bertz CT molecular complexity index is 141. The Kier molecular flexibility index (Phi) is 8.07. The molecule has 0 heterocycles. The molecule has 0 bridgehead atoms. The molecule has 0 aliphatic carbocycles. The maximum absolute atomic E-state index is 9.09. The Morgan fingerprint density at radius 1 is 1.20 bits per heavy atom. The lowest BCUT2D eigenvalue weighted by atomic mass is 9.89. The lowest BCUT2D eigenvalue weighted by Gasteiger charge is -2.21. The zero-order chi connectivity index (χ0) is 11.7. The van der Waals surface area contributed by atoms with Gasteiger partial charge in [-0.25, -0.2) is 0 Å². The summed E-state index contributed by atoms with van der Waals surface area (Å²) >= 11 is 0. The molecule has 0 aliphatic heterocycles. The molecule has 0 saturated carbocycles. The van der Waals surface area contributed by atoms with Crippen LogP contribution in [-0.4, -0.2) is 24.8 Å². The highest BCUT2D eigenvalue weighted by atomic mass is 16.3. The average molecular weight is 215 g/mol. The first-order chi connectivity index (χ1) is 7.05. The molecule has 0 aromatic rings. The zero-order valence-electron chi connectivity index (χ0n) is 11.0. The molecule has 0 radical (unpaired) electrons. The topological polar surface area (TPSA) is 32.3 Å². The Morgan fingerprint density at radius 3 is 2.27 bits per heavy atom. The van der Waals surface area contributed by atoms with E-state index in [4.69, 9.17) is 5.11 Å². The van der Waals surface area contributed by atoms with Gasteiger partial charge in [0.25, 0.3) is 0 Å². The van der Waals surface area contributed by atoms with Crippen LogP contribution in [0.1, 0.15) is 53.4 Å². The van der Waals surface area contributed by atoms with Gasteiger partial charge in [0.05, 0.1) is 0 Å². The summed E-state index contributed by atoms with van der Waals surface area (Å²) in [6, 6.07) is 0. The van der Waals surface area contributed by atoms with Crippen molar-refractivity contribution in [1.82, 2.24) is 5.32 Å². The summed E-state index contributed by atoms with van der Waals surface area (Å²) in [5.41, 5.74) is 0.0938. The first-order valence-corrected chi connectivity index (χ1v) is 6.37. The molecule has 2 heteroatoms. The van der Waals surface area contributed by atoms with Gasteiger partial charge in [-0.3, -0.25) is 0 Å². The molecular weight excluding hydrogens is 186 g/mol. The van der Waals surface area contributed by atoms with Crippen molar-refractivity contribution in [3.05, 3.63) is 0 Å². The lowest BCUT2D eigenvalue weighted by molar-refractivity contribution is 0.147. The number of hydrogen-bond donors (Lipinski definition) is 2. The molecule has 0 rings (SSSR count). The van der Waals surface area contributed by atoms with Gasteiger partial charge in [0, 0.05) is 6.61 Å². The smallest absolute Gasteiger partial charge is 0.0482 e. The highest BCUT2D eigenvalue weighted by Crippen LogP contribution is 2.20. The van der Waals surface area contributed by atoms with Crippen molar-refractivity contribution < 1.29 is 5.11 Å². The van der Waals surface area contributed by atoms with Gasteiger partial charge >= 0.3 is 0 Å². The Morgan fingerprint density at radius 2 is 1.80 bits per heavy atom. The summed E-state index contributed by atoms with van der Waals surface area (Å²) < 4.78 is 0. The second-order valence-electron chi connectivity index (χ2n) is 5.31. The molecule has 0 spiro atoms. The molecule has 15 heavy (non-hydrogen) atoms. The van der Waals surface area contributed by atoms with E-state index in [2.05, 4.69) is 33.0 Å². The third-order valence-electron chi connectivity index (χ3n) is 3.22. The van der Waals surface area contributed by atoms with Crippen LogP contribution in [0.4, 0.5) is 0 Å². The van der Waals surface area contributed by atoms with E-state index >= 15 is 0 Å². The molecule has 0 aliphatic rings. The zero-order valence-corrected chi connectivity index (χ0v) is 11.0. The van der Waals surface area contributed by atoms with Crippen LogP contribution in [0, 0.1) is 11.3 Å². The fourth-order valence-electron chi connectivity index (χ4n) is 1.65. The van der Waals surface area contributed by atoms with Gasteiger partial charge < -0.3 is 10.4 Å². The van der Waals surface area contributed by atoms with Gasteiger partial charge in [0.1, 0.15) is 0 Å². The molecule has 0 aromatic carbocycles. The van der Waals surface area contributed by atoms with Crippen molar-refractivity contribution in [3.8, 4) is 0 Å². The monoisotopic (exact) mass is 215 g/mol. The fourth-order valence-corrected chi connectivity index (χ4v) is 1.65. The van der Waals surface area contributed by atoms with Crippen LogP contribution in [-0.2, 0) is 0 Å². The third-order valence-corrected chi connectivity index (χ3v) is 3.22. The van der Waals surface area contributed by atoms with Gasteiger partial charge in [0.15, 0.2) is 0 Å². The number of nitrogens with one attached hydrogen (secondary N) is 1. The highest BCUT2D eigenvalue weighted by Gasteiger charge is 2.15. The summed E-state index contributed by atoms with van der Waals surface area (Å²) in [6.45, 7) is 11.3. The van der Waals surface area contributed by atoms with E-state index in [9.17, 15) is 0 Å². The van der Waals surface area contributed by atoms with Crippen molar-refractivity contribution in [2.24, 2.45) is 11.3 Å². The molecule has 0 amide bonds. The van der Waals surface area contributed by atoms with Crippen LogP contribution in [0.25, 0.3) is 0 Å². The summed E-state index contributed by atoms with van der Waals surface area (Å²) in [7, 11) is 0. The van der Waals surface area contributed by atoms with E-state index in [1.54, 1.807) is 0 Å². The summed E-state index contributed by atoms with van der Waals surface area (Å²) in [4.78, 5) is 0. The third kappa shape index (κ3) is 7.80. The van der Waals surface area contributed by atoms with E-state index in [-0.39, 0.29) is 5.41 Å². The Hall–Kier alpha value is -0.0800. The Balaban J connectivity index is 3.39. The largest absolute Gasteiger partial charge is 0.396 e. The van der Waals surface area contributed by atoms with E-state index < -0.39 is 0 Å². The van der Waals surface area contributed by atoms with E-state index in [1.165, 1.54) is 12.8 Å². The average Bonchev–Trinajstić information content (AvgIpc) is 2.23. The first-order valence-electron chi connectivity index (χ1n) is 6.37. The second-order valence-corrected chi connectivity index (χ2v) is 5.31. The normalized spacial score (nSPS) is 12.4. The lowest BCUT2D eigenvalue weighted by Crippen LogP contribution is -2.25. The van der Waals surface area contributed by atoms with Crippen molar-refractivity contribution in [1.29, 1.82) is 0 Å². The maximum Gasteiger partial charge on any atom is 0.0482 e. The van der Waals surface area contributed by atoms with Crippen LogP contribution in [0.5, 0.6) is 0 Å². The second kappa shape index (κ2) is 8.12. The number of aliphatic hydroxyl groups excluding tert-OH is 1. The van der Waals surface area contributed by atoms with Gasteiger partial charge in [-0.05, 0) is 37.3 Å². The maximum atomic E-state index is 9.09. The molecule has 0 fully saturated rings. The highest BCUT2D eigenvalue weighted by molar-refractivity contribution is 4.67. The minimum absolute atomic E-state index is 0.0938. The summed E-state index contributed by atoms with van der Waals surface area (Å²) in [6.07, 6.45) is 4.80. The number of hydrogen-bond acceptors (Lipinski definition) is 2. The van der Waals surface area contributed by atoms with Crippen molar-refractivity contribution in [2.45, 2.75) is 53.4 Å². The van der Waals surface area contributed by atoms with E-state index in [1.807, 2.05) is 0 Å². The van der Waals surface area contributed by atoms with Crippen molar-refractivity contribution in [2.75, 3.05) is 19.7 Å². The number of aliphatic hydroxyl groups is 1. The van der Waals surface area contributed by atoms with Crippen LogP contribution < -0.4 is 5.32 Å². The minimum Gasteiger partial charge on any atom is -0.396 e. The van der Waals surface area contributed by atoms with E-state index in [0.717, 1.165) is 31.8 Å². The van der Waals surface area contributed by atoms with Gasteiger partial charge in [0.2, 0.25) is 0 Å². The van der Waals surface area contributed by atoms with Gasteiger partial charge in [-0.1, -0.05) is 40.5 Å². The quantitative estimate of drug-likeness (QED) is 0.580. The van der Waals surface area contributed by atoms with Gasteiger partial charge in [-0.2, -0.15) is 0 Å². The first kappa shape index (κ1) is 14.9. The van der Waals surface area contributed by atoms with Crippen LogP contribution in [0.15, 0.2) is 0 Å². The molecule has 0 atom stereocenters. The molecule has 0 aromatic heterocycles. The van der Waals surface area contributed by atoms with Crippen LogP contribution in [0.2, 0.25) is 0 Å². The number of rotatable bonds is 9.